The molecule has 1 aliphatic rings. The summed E-state index contributed by atoms with van der Waals surface area (Å²) in [5.41, 5.74) is 0. The highest BCUT2D eigenvalue weighted by atomic mass is 19.1. The van der Waals surface area contributed by atoms with Crippen molar-refractivity contribution in [2.75, 3.05) is 20.8 Å². The lowest BCUT2D eigenvalue weighted by molar-refractivity contribution is -0.0483. The second kappa shape index (κ2) is 6.39. The minimum atomic E-state index is -1.52. The van der Waals surface area contributed by atoms with Gasteiger partial charge in [0.2, 0.25) is 0 Å². The molecule has 0 radical (unpaired) electrons. The van der Waals surface area contributed by atoms with Crippen molar-refractivity contribution in [1.29, 1.82) is 0 Å². The highest BCUT2D eigenvalue weighted by molar-refractivity contribution is 5.60. The number of rotatable bonds is 3. The second-order valence-corrected chi connectivity index (χ2v) is 3.63. The van der Waals surface area contributed by atoms with E-state index in [9.17, 15) is 14.0 Å². The van der Waals surface area contributed by atoms with E-state index in [1.54, 1.807) is 0 Å². The van der Waals surface area contributed by atoms with Gasteiger partial charge in [-0.05, 0) is 6.92 Å². The second-order valence-electron chi connectivity index (χ2n) is 3.63. The number of ether oxygens (including phenoxy) is 5. The molecule has 1 saturated heterocycles. The van der Waals surface area contributed by atoms with E-state index in [0.717, 1.165) is 14.2 Å². The van der Waals surface area contributed by atoms with E-state index in [1.165, 1.54) is 6.92 Å². The molecule has 0 aliphatic carbocycles. The SMILES string of the molecule is COC(=O)OC[C@H]1OC(C)[C@@H](F)[C@@H]1OC(=O)OC. The lowest BCUT2D eigenvalue weighted by Crippen LogP contribution is -2.37. The summed E-state index contributed by atoms with van der Waals surface area (Å²) >= 11 is 0. The van der Waals surface area contributed by atoms with Crippen LogP contribution in [0, 0.1) is 0 Å². The van der Waals surface area contributed by atoms with Gasteiger partial charge in [-0.2, -0.15) is 0 Å². The number of carbonyl (C=O) groups is 2. The molecular weight excluding hydrogens is 251 g/mol. The Kier molecular flexibility index (Phi) is 5.14. The van der Waals surface area contributed by atoms with Crippen LogP contribution in [-0.4, -0.2) is 57.6 Å². The first kappa shape index (κ1) is 14.5. The monoisotopic (exact) mass is 266 g/mol. The van der Waals surface area contributed by atoms with Gasteiger partial charge < -0.3 is 23.7 Å². The zero-order chi connectivity index (χ0) is 13.7. The Morgan fingerprint density at radius 3 is 2.39 bits per heavy atom. The fourth-order valence-corrected chi connectivity index (χ4v) is 1.54. The lowest BCUT2D eigenvalue weighted by atomic mass is 10.1. The van der Waals surface area contributed by atoms with Gasteiger partial charge in [0.15, 0.2) is 12.3 Å². The van der Waals surface area contributed by atoms with Gasteiger partial charge in [0.25, 0.3) is 0 Å². The molecule has 104 valence electrons. The van der Waals surface area contributed by atoms with Crippen LogP contribution in [-0.2, 0) is 23.7 Å². The van der Waals surface area contributed by atoms with Crippen LogP contribution in [0.15, 0.2) is 0 Å². The van der Waals surface area contributed by atoms with E-state index in [-0.39, 0.29) is 6.61 Å². The predicted octanol–water partition coefficient (Wildman–Crippen LogP) is 1.05. The zero-order valence-corrected chi connectivity index (χ0v) is 10.3. The molecule has 7 nitrogen and oxygen atoms in total. The number of methoxy groups -OCH3 is 2. The smallest absolute Gasteiger partial charge is 0.438 e. The average Bonchev–Trinajstić information content (AvgIpc) is 2.63. The molecule has 0 bridgehead atoms. The van der Waals surface area contributed by atoms with Crippen LogP contribution in [0.25, 0.3) is 0 Å². The summed E-state index contributed by atoms with van der Waals surface area (Å²) in [5, 5.41) is 0. The van der Waals surface area contributed by atoms with Crippen LogP contribution in [0.3, 0.4) is 0 Å². The fourth-order valence-electron chi connectivity index (χ4n) is 1.54. The molecule has 0 spiro atoms. The Hall–Kier alpha value is -1.57. The molecule has 1 fully saturated rings. The third-order valence-electron chi connectivity index (χ3n) is 2.45. The van der Waals surface area contributed by atoms with Crippen molar-refractivity contribution in [2.45, 2.75) is 31.4 Å². The lowest BCUT2D eigenvalue weighted by Gasteiger charge is -2.18. The van der Waals surface area contributed by atoms with Crippen molar-refractivity contribution >= 4 is 12.3 Å². The van der Waals surface area contributed by atoms with Crippen molar-refractivity contribution < 1.29 is 37.7 Å². The molecule has 18 heavy (non-hydrogen) atoms. The standard InChI is InChI=1S/C10H15FO7/c1-5-7(11)8(18-10(13)15-3)6(17-5)4-16-9(12)14-2/h5-8H,4H2,1-3H3/t5?,6-,7-,8-/m1/s1. The van der Waals surface area contributed by atoms with Gasteiger partial charge in [-0.25, -0.2) is 14.0 Å². The topological polar surface area (TPSA) is 80.3 Å². The molecule has 1 unspecified atom stereocenters. The Labute approximate surface area is 103 Å². The van der Waals surface area contributed by atoms with Crippen molar-refractivity contribution in [2.24, 2.45) is 0 Å². The summed E-state index contributed by atoms with van der Waals surface area (Å²) in [6.45, 7) is 1.20. The van der Waals surface area contributed by atoms with Crippen LogP contribution in [0.1, 0.15) is 6.92 Å². The number of hydrogen-bond acceptors (Lipinski definition) is 7. The fraction of sp³-hybridized carbons (Fsp3) is 0.800. The summed E-state index contributed by atoms with van der Waals surface area (Å²) in [6.07, 6.45) is -6.32. The third kappa shape index (κ3) is 3.46. The largest absolute Gasteiger partial charge is 0.508 e. The minimum absolute atomic E-state index is 0.279. The van der Waals surface area contributed by atoms with Crippen LogP contribution in [0.4, 0.5) is 14.0 Å². The number of alkyl halides is 1. The van der Waals surface area contributed by atoms with E-state index < -0.39 is 36.8 Å². The molecule has 0 N–H and O–H groups in total. The molecule has 0 aromatic heterocycles. The molecule has 0 amide bonds. The first-order valence-electron chi connectivity index (χ1n) is 5.24. The Balaban J connectivity index is 2.57. The third-order valence-corrected chi connectivity index (χ3v) is 2.45. The molecule has 8 heteroatoms. The Morgan fingerprint density at radius 2 is 1.83 bits per heavy atom. The maximum Gasteiger partial charge on any atom is 0.508 e. The maximum atomic E-state index is 13.7. The van der Waals surface area contributed by atoms with E-state index in [2.05, 4.69) is 14.2 Å². The number of carbonyl (C=O) groups excluding carboxylic acids is 2. The Morgan fingerprint density at radius 1 is 1.22 bits per heavy atom. The molecule has 0 saturated carbocycles. The molecule has 1 rings (SSSR count). The van der Waals surface area contributed by atoms with Gasteiger partial charge in [0, 0.05) is 0 Å². The van der Waals surface area contributed by atoms with Crippen molar-refractivity contribution in [3.63, 3.8) is 0 Å². The highest BCUT2D eigenvalue weighted by Crippen LogP contribution is 2.27. The van der Waals surface area contributed by atoms with E-state index in [0.29, 0.717) is 0 Å². The van der Waals surface area contributed by atoms with Gasteiger partial charge in [-0.15, -0.1) is 0 Å². The van der Waals surface area contributed by atoms with Gasteiger partial charge in [0.1, 0.15) is 12.7 Å². The van der Waals surface area contributed by atoms with Crippen molar-refractivity contribution in [3.8, 4) is 0 Å². The summed E-state index contributed by atoms with van der Waals surface area (Å²) in [6, 6.07) is 0. The van der Waals surface area contributed by atoms with Gasteiger partial charge in [-0.3, -0.25) is 0 Å². The summed E-state index contributed by atoms with van der Waals surface area (Å²) < 4.78 is 36.8. The maximum absolute atomic E-state index is 13.7. The van der Waals surface area contributed by atoms with E-state index in [1.807, 2.05) is 0 Å². The van der Waals surface area contributed by atoms with Crippen LogP contribution in [0.5, 0.6) is 0 Å². The van der Waals surface area contributed by atoms with Gasteiger partial charge in [0.05, 0.1) is 20.3 Å². The van der Waals surface area contributed by atoms with Crippen molar-refractivity contribution in [1.82, 2.24) is 0 Å². The number of halogens is 1. The molecule has 1 heterocycles. The molecule has 4 atom stereocenters. The normalized spacial score (nSPS) is 30.7. The number of hydrogen-bond donors (Lipinski definition) is 0. The minimum Gasteiger partial charge on any atom is -0.438 e. The van der Waals surface area contributed by atoms with Gasteiger partial charge >= 0.3 is 12.3 Å². The molecule has 0 aromatic rings. The summed E-state index contributed by atoms with van der Waals surface area (Å²) in [5.74, 6) is 0. The molecular formula is C10H15FO7. The molecule has 0 aromatic carbocycles. The molecule has 1 aliphatic heterocycles. The van der Waals surface area contributed by atoms with E-state index in [4.69, 9.17) is 9.47 Å². The van der Waals surface area contributed by atoms with Crippen LogP contribution >= 0.6 is 0 Å². The van der Waals surface area contributed by atoms with Crippen LogP contribution < -0.4 is 0 Å². The van der Waals surface area contributed by atoms with Gasteiger partial charge in [-0.1, -0.05) is 0 Å². The first-order valence-corrected chi connectivity index (χ1v) is 5.24. The van der Waals surface area contributed by atoms with Crippen LogP contribution in [0.2, 0.25) is 0 Å². The quantitative estimate of drug-likeness (QED) is 0.706. The highest BCUT2D eigenvalue weighted by Gasteiger charge is 2.46. The summed E-state index contributed by atoms with van der Waals surface area (Å²) in [4.78, 5) is 21.8. The van der Waals surface area contributed by atoms with E-state index >= 15 is 0 Å². The predicted molar refractivity (Wildman–Crippen MR) is 54.9 cm³/mol. The zero-order valence-electron chi connectivity index (χ0n) is 10.3. The Bertz CT molecular complexity index is 309. The average molecular weight is 266 g/mol. The first-order chi connectivity index (χ1) is 8.49. The summed E-state index contributed by atoms with van der Waals surface area (Å²) in [7, 11) is 2.25. The van der Waals surface area contributed by atoms with Crippen molar-refractivity contribution in [3.05, 3.63) is 0 Å².